The third-order valence-corrected chi connectivity index (χ3v) is 3.09. The summed E-state index contributed by atoms with van der Waals surface area (Å²) in [6, 6.07) is 0. The molecule has 0 unspecified atom stereocenters. The average Bonchev–Trinajstić information content (AvgIpc) is 2.41. The molecular weight excluding hydrogens is 260 g/mol. The van der Waals surface area contributed by atoms with Gasteiger partial charge in [-0.2, -0.15) is 0 Å². The van der Waals surface area contributed by atoms with Crippen molar-refractivity contribution >= 4 is 17.7 Å². The second kappa shape index (κ2) is 5.85. The van der Waals surface area contributed by atoms with Gasteiger partial charge in [0, 0.05) is 19.6 Å². The van der Waals surface area contributed by atoms with Crippen molar-refractivity contribution in [3.63, 3.8) is 0 Å². The van der Waals surface area contributed by atoms with Gasteiger partial charge in [0.2, 0.25) is 5.91 Å². The van der Waals surface area contributed by atoms with Gasteiger partial charge in [-0.25, -0.2) is 14.8 Å². The number of carbonyl (C=O) groups excluding carboxylic acids is 1. The second-order valence-electron chi connectivity index (χ2n) is 5.22. The first-order valence-electron chi connectivity index (χ1n) is 6.55. The summed E-state index contributed by atoms with van der Waals surface area (Å²) in [5, 5.41) is 8.77. The van der Waals surface area contributed by atoms with Crippen LogP contribution in [0, 0.1) is 5.92 Å². The van der Waals surface area contributed by atoms with Gasteiger partial charge in [0.1, 0.15) is 5.82 Å². The van der Waals surface area contributed by atoms with Crippen molar-refractivity contribution in [2.45, 2.75) is 13.8 Å². The molecule has 1 aromatic rings. The van der Waals surface area contributed by atoms with Gasteiger partial charge in [0.15, 0.2) is 5.69 Å². The molecule has 2 rings (SSSR count). The summed E-state index contributed by atoms with van der Waals surface area (Å²) in [5.74, 6) is -0.0661. The van der Waals surface area contributed by atoms with Gasteiger partial charge in [-0.15, -0.1) is 0 Å². The van der Waals surface area contributed by atoms with E-state index >= 15 is 0 Å². The van der Waals surface area contributed by atoms with Gasteiger partial charge < -0.3 is 14.9 Å². The number of carbonyl (C=O) groups is 2. The first-order valence-corrected chi connectivity index (χ1v) is 6.55. The van der Waals surface area contributed by atoms with E-state index in [1.807, 2.05) is 9.80 Å². The Labute approximate surface area is 117 Å². The molecule has 0 bridgehead atoms. The Morgan fingerprint density at radius 1 is 1.35 bits per heavy atom. The van der Waals surface area contributed by atoms with E-state index in [1.165, 1.54) is 12.4 Å². The molecule has 0 saturated carbocycles. The predicted molar refractivity (Wildman–Crippen MR) is 72.6 cm³/mol. The van der Waals surface area contributed by atoms with Crippen LogP contribution in [0.25, 0.3) is 0 Å². The molecule has 20 heavy (non-hydrogen) atoms. The van der Waals surface area contributed by atoms with Gasteiger partial charge in [0.05, 0.1) is 18.9 Å². The molecule has 1 aliphatic heterocycles. The number of anilines is 1. The molecule has 0 spiro atoms. The minimum absolute atomic E-state index is 0.0639. The molecule has 7 heteroatoms. The maximum Gasteiger partial charge on any atom is 0.356 e. The Morgan fingerprint density at radius 2 is 2.10 bits per heavy atom. The van der Waals surface area contributed by atoms with Gasteiger partial charge in [0.25, 0.3) is 0 Å². The molecule has 1 aromatic heterocycles. The van der Waals surface area contributed by atoms with E-state index in [2.05, 4.69) is 23.8 Å². The largest absolute Gasteiger partial charge is 0.476 e. The number of aromatic carboxylic acids is 1. The zero-order chi connectivity index (χ0) is 14.7. The van der Waals surface area contributed by atoms with Crippen molar-refractivity contribution in [1.82, 2.24) is 14.9 Å². The monoisotopic (exact) mass is 278 g/mol. The maximum atomic E-state index is 12.0. The zero-order valence-electron chi connectivity index (χ0n) is 11.6. The first kappa shape index (κ1) is 14.2. The number of aromatic nitrogens is 2. The Balaban J connectivity index is 2.02. The lowest BCUT2D eigenvalue weighted by Gasteiger charge is -2.35. The number of carboxylic acid groups (broad SMARTS) is 1. The van der Waals surface area contributed by atoms with Crippen molar-refractivity contribution in [1.29, 1.82) is 0 Å². The van der Waals surface area contributed by atoms with Crippen LogP contribution < -0.4 is 4.90 Å². The number of hydrogen-bond acceptors (Lipinski definition) is 5. The highest BCUT2D eigenvalue weighted by Crippen LogP contribution is 2.14. The second-order valence-corrected chi connectivity index (χ2v) is 5.22. The SMILES string of the molecule is CC(C)CN1CCN(c2cnc(C(=O)O)cn2)CC1=O. The molecule has 1 aliphatic rings. The van der Waals surface area contributed by atoms with Crippen LogP contribution in [0.1, 0.15) is 24.3 Å². The summed E-state index contributed by atoms with van der Waals surface area (Å²) in [6.45, 7) is 6.51. The number of rotatable bonds is 4. The molecular formula is C13H18N4O3. The van der Waals surface area contributed by atoms with Crippen molar-refractivity contribution in [3.8, 4) is 0 Å². The topological polar surface area (TPSA) is 86.6 Å². The van der Waals surface area contributed by atoms with Crippen LogP contribution >= 0.6 is 0 Å². The molecule has 1 saturated heterocycles. The van der Waals surface area contributed by atoms with E-state index < -0.39 is 5.97 Å². The van der Waals surface area contributed by atoms with Crippen LogP contribution in [0.4, 0.5) is 5.82 Å². The summed E-state index contributed by atoms with van der Waals surface area (Å²) in [5.41, 5.74) is -0.0986. The van der Waals surface area contributed by atoms with E-state index in [1.54, 1.807) is 0 Å². The molecule has 1 amide bonds. The maximum absolute atomic E-state index is 12.0. The van der Waals surface area contributed by atoms with Gasteiger partial charge in [-0.3, -0.25) is 4.79 Å². The van der Waals surface area contributed by atoms with Gasteiger partial charge >= 0.3 is 5.97 Å². The van der Waals surface area contributed by atoms with E-state index in [0.717, 1.165) is 6.54 Å². The van der Waals surface area contributed by atoms with E-state index in [9.17, 15) is 9.59 Å². The summed E-state index contributed by atoms with van der Waals surface area (Å²) in [4.78, 5) is 34.3. The molecule has 108 valence electrons. The fourth-order valence-electron chi connectivity index (χ4n) is 2.13. The normalized spacial score (nSPS) is 15.8. The Kier molecular flexibility index (Phi) is 4.16. The highest BCUT2D eigenvalue weighted by atomic mass is 16.4. The van der Waals surface area contributed by atoms with Crippen molar-refractivity contribution in [2.24, 2.45) is 5.92 Å². The molecule has 1 fully saturated rings. The summed E-state index contributed by atoms with van der Waals surface area (Å²) >= 11 is 0. The van der Waals surface area contributed by atoms with Crippen LogP contribution in [-0.2, 0) is 4.79 Å². The average molecular weight is 278 g/mol. The van der Waals surface area contributed by atoms with Crippen molar-refractivity contribution < 1.29 is 14.7 Å². The lowest BCUT2D eigenvalue weighted by Crippen LogP contribution is -2.51. The van der Waals surface area contributed by atoms with E-state index in [4.69, 9.17) is 5.11 Å². The van der Waals surface area contributed by atoms with Crippen molar-refractivity contribution in [3.05, 3.63) is 18.1 Å². The highest BCUT2D eigenvalue weighted by Gasteiger charge is 2.25. The third kappa shape index (κ3) is 3.23. The van der Waals surface area contributed by atoms with Crippen LogP contribution in [0.15, 0.2) is 12.4 Å². The molecule has 0 atom stereocenters. The molecule has 0 aromatic carbocycles. The zero-order valence-corrected chi connectivity index (χ0v) is 11.6. The number of piperazine rings is 1. The number of nitrogens with zero attached hydrogens (tertiary/aromatic N) is 4. The number of carboxylic acids is 1. The van der Waals surface area contributed by atoms with E-state index in [-0.39, 0.29) is 18.1 Å². The standard InChI is InChI=1S/C13H18N4O3/c1-9(2)7-17-4-3-16(8-12(17)18)11-6-14-10(5-15-11)13(19)20/h5-6,9H,3-4,7-8H2,1-2H3,(H,19,20). The Bertz CT molecular complexity index is 501. The highest BCUT2D eigenvalue weighted by molar-refractivity contribution is 5.85. The van der Waals surface area contributed by atoms with Crippen LogP contribution in [-0.4, -0.2) is 58.0 Å². The van der Waals surface area contributed by atoms with E-state index in [0.29, 0.717) is 24.8 Å². The van der Waals surface area contributed by atoms with Crippen LogP contribution in [0.3, 0.4) is 0 Å². The Hall–Kier alpha value is -2.18. The molecule has 2 heterocycles. The lowest BCUT2D eigenvalue weighted by molar-refractivity contribution is -0.131. The van der Waals surface area contributed by atoms with Gasteiger partial charge in [-0.05, 0) is 5.92 Å². The first-order chi connectivity index (χ1) is 9.47. The number of amides is 1. The van der Waals surface area contributed by atoms with Crippen LogP contribution in [0.2, 0.25) is 0 Å². The van der Waals surface area contributed by atoms with Crippen molar-refractivity contribution in [2.75, 3.05) is 31.1 Å². The van der Waals surface area contributed by atoms with Crippen LogP contribution in [0.5, 0.6) is 0 Å². The molecule has 7 nitrogen and oxygen atoms in total. The summed E-state index contributed by atoms with van der Waals surface area (Å²) in [6.07, 6.45) is 2.61. The van der Waals surface area contributed by atoms with Gasteiger partial charge in [-0.1, -0.05) is 13.8 Å². The summed E-state index contributed by atoms with van der Waals surface area (Å²) in [7, 11) is 0. The minimum Gasteiger partial charge on any atom is -0.476 e. The minimum atomic E-state index is -1.11. The lowest BCUT2D eigenvalue weighted by atomic mass is 10.2. The smallest absolute Gasteiger partial charge is 0.356 e. The molecule has 0 aliphatic carbocycles. The number of hydrogen-bond donors (Lipinski definition) is 1. The quantitative estimate of drug-likeness (QED) is 0.862. The fraction of sp³-hybridized carbons (Fsp3) is 0.538. The molecule has 0 radical (unpaired) electrons. The fourth-order valence-corrected chi connectivity index (χ4v) is 2.13. The third-order valence-electron chi connectivity index (χ3n) is 3.09. The predicted octanol–water partition coefficient (Wildman–Crippen LogP) is 0.479. The Morgan fingerprint density at radius 3 is 2.60 bits per heavy atom. The molecule has 1 N–H and O–H groups in total. The summed E-state index contributed by atoms with van der Waals surface area (Å²) < 4.78 is 0.